The van der Waals surface area contributed by atoms with Crippen LogP contribution in [0.25, 0.3) is 0 Å². The normalized spacial score (nSPS) is 10.4. The van der Waals surface area contributed by atoms with Crippen LogP contribution in [0, 0.1) is 0 Å². The number of hydrogen-bond acceptors (Lipinski definition) is 3. The Kier molecular flexibility index (Phi) is 4.60. The van der Waals surface area contributed by atoms with Crippen molar-refractivity contribution in [1.82, 2.24) is 4.98 Å². The molecule has 4 nitrogen and oxygen atoms in total. The van der Waals surface area contributed by atoms with E-state index in [9.17, 15) is 4.79 Å². The molecule has 0 saturated carbocycles. The molecule has 0 aliphatic heterocycles. The van der Waals surface area contributed by atoms with Gasteiger partial charge in [0.05, 0.1) is 31.9 Å². The Bertz CT molecular complexity index is 691. The fourth-order valence-corrected chi connectivity index (χ4v) is 2.09. The van der Waals surface area contributed by atoms with E-state index in [0.29, 0.717) is 0 Å². The van der Waals surface area contributed by atoms with Gasteiger partial charge in [-0.15, -0.1) is 0 Å². The van der Waals surface area contributed by atoms with Crippen molar-refractivity contribution in [2.24, 2.45) is 0 Å². The van der Waals surface area contributed by atoms with E-state index in [2.05, 4.69) is 4.98 Å². The Balaban J connectivity index is 2.38. The van der Waals surface area contributed by atoms with E-state index in [4.69, 9.17) is 56.2 Å². The Morgan fingerprint density at radius 2 is 1.65 bits per heavy atom. The maximum Gasteiger partial charge on any atom is 0.337 e. The van der Waals surface area contributed by atoms with E-state index in [1.54, 1.807) is 0 Å². The molecule has 0 aliphatic carbocycles. The number of benzene rings is 1. The molecule has 0 fully saturated rings. The predicted molar refractivity (Wildman–Crippen MR) is 77.8 cm³/mol. The maximum absolute atomic E-state index is 11.0. The average Bonchev–Trinajstić information content (AvgIpc) is 2.37. The van der Waals surface area contributed by atoms with Crippen LogP contribution in [0.2, 0.25) is 20.1 Å². The van der Waals surface area contributed by atoms with Crippen molar-refractivity contribution in [1.29, 1.82) is 0 Å². The molecule has 0 saturated heterocycles. The minimum atomic E-state index is -1.19. The molecule has 104 valence electrons. The molecule has 0 atom stereocenters. The maximum atomic E-state index is 11.0. The molecule has 0 amide bonds. The van der Waals surface area contributed by atoms with E-state index < -0.39 is 5.97 Å². The monoisotopic (exact) mass is 351 g/mol. The molecule has 20 heavy (non-hydrogen) atoms. The summed E-state index contributed by atoms with van der Waals surface area (Å²) in [6, 6.07) is 4.00. The lowest BCUT2D eigenvalue weighted by Gasteiger charge is -2.09. The topological polar surface area (TPSA) is 59.4 Å². The number of carboxylic acids is 1. The van der Waals surface area contributed by atoms with Crippen molar-refractivity contribution < 1.29 is 14.6 Å². The van der Waals surface area contributed by atoms with Crippen LogP contribution in [0.1, 0.15) is 10.4 Å². The average molecular weight is 353 g/mol. The summed E-state index contributed by atoms with van der Waals surface area (Å²) in [4.78, 5) is 14.8. The van der Waals surface area contributed by atoms with E-state index in [1.807, 2.05) is 0 Å². The number of aromatic carboxylic acids is 1. The molecule has 1 aromatic carbocycles. The third kappa shape index (κ3) is 3.27. The minimum Gasteiger partial charge on any atom is -0.478 e. The smallest absolute Gasteiger partial charge is 0.337 e. The lowest BCUT2D eigenvalue weighted by Crippen LogP contribution is -1.99. The Labute approximate surface area is 133 Å². The Morgan fingerprint density at radius 1 is 1.00 bits per heavy atom. The van der Waals surface area contributed by atoms with Crippen LogP contribution in [-0.4, -0.2) is 16.1 Å². The van der Waals surface area contributed by atoms with Crippen LogP contribution < -0.4 is 4.74 Å². The predicted octanol–water partition coefficient (Wildman–Crippen LogP) is 5.19. The summed E-state index contributed by atoms with van der Waals surface area (Å²) >= 11 is 23.3. The number of hydrogen-bond donors (Lipinski definition) is 1. The van der Waals surface area contributed by atoms with E-state index in [-0.39, 0.29) is 37.3 Å². The second-order valence-corrected chi connectivity index (χ2v) is 5.24. The third-order valence-electron chi connectivity index (χ3n) is 2.25. The first kappa shape index (κ1) is 15.2. The van der Waals surface area contributed by atoms with Gasteiger partial charge in [-0.05, 0) is 6.07 Å². The number of carbonyl (C=O) groups is 1. The lowest BCUT2D eigenvalue weighted by molar-refractivity contribution is 0.0696. The van der Waals surface area contributed by atoms with Crippen molar-refractivity contribution >= 4 is 52.4 Å². The lowest BCUT2D eigenvalue weighted by atomic mass is 10.2. The first-order valence-corrected chi connectivity index (χ1v) is 6.61. The van der Waals surface area contributed by atoms with Gasteiger partial charge in [-0.2, -0.15) is 0 Å². The highest BCUT2D eigenvalue weighted by atomic mass is 35.5. The van der Waals surface area contributed by atoms with E-state index in [1.165, 1.54) is 24.4 Å². The van der Waals surface area contributed by atoms with Gasteiger partial charge in [0.25, 0.3) is 0 Å². The number of aromatic nitrogens is 1. The molecule has 0 unspecified atom stereocenters. The molecule has 8 heteroatoms. The van der Waals surface area contributed by atoms with Crippen LogP contribution in [0.5, 0.6) is 11.6 Å². The highest BCUT2D eigenvalue weighted by Crippen LogP contribution is 2.36. The minimum absolute atomic E-state index is 0.00471. The second-order valence-electron chi connectivity index (χ2n) is 3.61. The standard InChI is InChI=1S/C12H5Cl4NO3/c13-6-2-8(15)10(3-7(6)14)20-11-1-5(12(18)19)9(16)4-17-11/h1-4H,(H,18,19). The zero-order chi connectivity index (χ0) is 14.9. The SMILES string of the molecule is O=C(O)c1cc(Oc2cc(Cl)c(Cl)cc2Cl)ncc1Cl. The van der Waals surface area contributed by atoms with Crippen molar-refractivity contribution in [3.63, 3.8) is 0 Å². The fourth-order valence-electron chi connectivity index (χ4n) is 1.33. The van der Waals surface area contributed by atoms with Gasteiger partial charge in [0.1, 0.15) is 5.75 Å². The molecule has 1 heterocycles. The third-order valence-corrected chi connectivity index (χ3v) is 3.57. The van der Waals surface area contributed by atoms with Crippen LogP contribution in [0.15, 0.2) is 24.4 Å². The second kappa shape index (κ2) is 6.06. The number of ether oxygens (including phenoxy) is 1. The van der Waals surface area contributed by atoms with Gasteiger partial charge in [-0.1, -0.05) is 46.4 Å². The van der Waals surface area contributed by atoms with Gasteiger partial charge < -0.3 is 9.84 Å². The van der Waals surface area contributed by atoms with Crippen molar-refractivity contribution in [3.8, 4) is 11.6 Å². The fraction of sp³-hybridized carbons (Fsp3) is 0. The molecule has 0 spiro atoms. The van der Waals surface area contributed by atoms with Gasteiger partial charge in [-0.25, -0.2) is 9.78 Å². The van der Waals surface area contributed by atoms with Crippen molar-refractivity contribution in [3.05, 3.63) is 50.0 Å². The number of rotatable bonds is 3. The summed E-state index contributed by atoms with van der Waals surface area (Å²) < 4.78 is 5.38. The van der Waals surface area contributed by atoms with Crippen LogP contribution >= 0.6 is 46.4 Å². The van der Waals surface area contributed by atoms with Gasteiger partial charge in [0.2, 0.25) is 5.88 Å². The Hall–Kier alpha value is -1.20. The molecule has 0 aliphatic rings. The summed E-state index contributed by atoms with van der Waals surface area (Å²) in [5, 5.41) is 9.71. The summed E-state index contributed by atoms with van der Waals surface area (Å²) in [7, 11) is 0. The summed E-state index contributed by atoms with van der Waals surface area (Å²) in [6.45, 7) is 0. The van der Waals surface area contributed by atoms with Gasteiger partial charge >= 0.3 is 5.97 Å². The van der Waals surface area contributed by atoms with Gasteiger partial charge in [-0.3, -0.25) is 0 Å². The van der Waals surface area contributed by atoms with Crippen LogP contribution in [0.4, 0.5) is 0 Å². The molecular formula is C12H5Cl4NO3. The van der Waals surface area contributed by atoms with Crippen LogP contribution in [0.3, 0.4) is 0 Å². The molecular weight excluding hydrogens is 348 g/mol. The zero-order valence-electron chi connectivity index (χ0n) is 9.53. The summed E-state index contributed by atoms with van der Waals surface area (Å²) in [5.41, 5.74) is -0.132. The number of pyridine rings is 1. The van der Waals surface area contributed by atoms with Gasteiger partial charge in [0.15, 0.2) is 0 Å². The molecule has 0 bridgehead atoms. The first-order chi connectivity index (χ1) is 9.38. The van der Waals surface area contributed by atoms with Crippen molar-refractivity contribution in [2.45, 2.75) is 0 Å². The number of carboxylic acid groups (broad SMARTS) is 1. The highest BCUT2D eigenvalue weighted by molar-refractivity contribution is 6.43. The van der Waals surface area contributed by atoms with Crippen molar-refractivity contribution in [2.75, 3.05) is 0 Å². The molecule has 1 aromatic heterocycles. The van der Waals surface area contributed by atoms with E-state index >= 15 is 0 Å². The Morgan fingerprint density at radius 3 is 2.30 bits per heavy atom. The number of halogens is 4. The van der Waals surface area contributed by atoms with Crippen LogP contribution in [-0.2, 0) is 0 Å². The molecule has 0 radical (unpaired) electrons. The molecule has 2 rings (SSSR count). The number of nitrogens with zero attached hydrogens (tertiary/aromatic N) is 1. The quantitative estimate of drug-likeness (QED) is 0.772. The summed E-state index contributed by atoms with van der Waals surface area (Å²) in [6.07, 6.45) is 1.17. The molecule has 1 N–H and O–H groups in total. The highest BCUT2D eigenvalue weighted by Gasteiger charge is 2.13. The first-order valence-electron chi connectivity index (χ1n) is 5.09. The van der Waals surface area contributed by atoms with E-state index in [0.717, 1.165) is 0 Å². The largest absolute Gasteiger partial charge is 0.478 e. The zero-order valence-corrected chi connectivity index (χ0v) is 12.6. The van der Waals surface area contributed by atoms with Gasteiger partial charge in [0, 0.05) is 12.1 Å². The molecule has 2 aromatic rings. The summed E-state index contributed by atoms with van der Waals surface area (Å²) in [5.74, 6) is -0.971.